The second-order valence-electron chi connectivity index (χ2n) is 4.47. The maximum atomic E-state index is 13.1. The van der Waals surface area contributed by atoms with Crippen molar-refractivity contribution in [3.8, 4) is 0 Å². The Morgan fingerprint density at radius 2 is 2.29 bits per heavy atom. The Morgan fingerprint density at radius 1 is 1.48 bits per heavy atom. The van der Waals surface area contributed by atoms with Crippen LogP contribution in [0.4, 0.5) is 15.3 Å². The van der Waals surface area contributed by atoms with Crippen LogP contribution in [-0.4, -0.2) is 17.4 Å². The Morgan fingerprint density at radius 3 is 3.00 bits per heavy atom. The number of thiazole rings is 1. The number of anilines is 2. The van der Waals surface area contributed by atoms with Gasteiger partial charge in [0.05, 0.1) is 0 Å². The molecule has 0 spiro atoms. The zero-order valence-electron chi connectivity index (χ0n) is 11.6. The molecule has 1 aromatic heterocycles. The lowest BCUT2D eigenvalue weighted by Crippen LogP contribution is -2.22. The van der Waals surface area contributed by atoms with Gasteiger partial charge < -0.3 is 16.4 Å². The van der Waals surface area contributed by atoms with Crippen molar-refractivity contribution in [1.29, 1.82) is 0 Å². The molecule has 5 nitrogen and oxygen atoms in total. The monoisotopic (exact) mass is 308 g/mol. The lowest BCUT2D eigenvalue weighted by Gasteiger charge is -2.04. The molecular formula is C14H17FN4OS. The molecule has 1 heterocycles. The first-order valence-corrected chi connectivity index (χ1v) is 7.44. The fourth-order valence-electron chi connectivity index (χ4n) is 1.71. The minimum Gasteiger partial charge on any atom is -0.382 e. The zero-order chi connectivity index (χ0) is 15.2. The largest absolute Gasteiger partial charge is 0.382 e. The molecule has 4 N–H and O–H groups in total. The van der Waals surface area contributed by atoms with Gasteiger partial charge in [0.15, 0.2) is 5.13 Å². The van der Waals surface area contributed by atoms with E-state index in [-0.39, 0.29) is 24.1 Å². The molecule has 2 aromatic rings. The summed E-state index contributed by atoms with van der Waals surface area (Å²) in [7, 11) is 0. The maximum absolute atomic E-state index is 13.1. The van der Waals surface area contributed by atoms with Crippen LogP contribution in [-0.2, 0) is 6.54 Å². The molecule has 0 atom stereocenters. The quantitative estimate of drug-likeness (QED) is 0.766. The molecule has 112 valence electrons. The summed E-state index contributed by atoms with van der Waals surface area (Å²) in [6, 6.07) is 6.08. The molecule has 7 heteroatoms. The lowest BCUT2D eigenvalue weighted by molar-refractivity contribution is 0.0955. The molecule has 0 aliphatic rings. The summed E-state index contributed by atoms with van der Waals surface area (Å²) in [6.07, 6.45) is 0.959. The van der Waals surface area contributed by atoms with Crippen LogP contribution in [0.2, 0.25) is 0 Å². The van der Waals surface area contributed by atoms with Gasteiger partial charge in [0.25, 0.3) is 5.91 Å². The number of hydrogen-bond donors (Lipinski definition) is 3. The van der Waals surface area contributed by atoms with Gasteiger partial charge in [0.1, 0.15) is 16.5 Å². The van der Waals surface area contributed by atoms with Crippen molar-refractivity contribution in [3.63, 3.8) is 0 Å². The maximum Gasteiger partial charge on any atom is 0.265 e. The summed E-state index contributed by atoms with van der Waals surface area (Å²) >= 11 is 1.21. The fourth-order valence-corrected chi connectivity index (χ4v) is 2.54. The van der Waals surface area contributed by atoms with Crippen molar-refractivity contribution in [2.45, 2.75) is 19.9 Å². The molecule has 0 aliphatic heterocycles. The number of nitrogens with two attached hydrogens (primary N) is 1. The van der Waals surface area contributed by atoms with Gasteiger partial charge in [0, 0.05) is 13.1 Å². The van der Waals surface area contributed by atoms with Gasteiger partial charge in [0.2, 0.25) is 0 Å². The van der Waals surface area contributed by atoms with Gasteiger partial charge in [-0.3, -0.25) is 4.79 Å². The van der Waals surface area contributed by atoms with Crippen LogP contribution >= 0.6 is 11.3 Å². The molecule has 2 rings (SSSR count). The summed E-state index contributed by atoms with van der Waals surface area (Å²) in [4.78, 5) is 16.5. The van der Waals surface area contributed by atoms with E-state index < -0.39 is 0 Å². The van der Waals surface area contributed by atoms with Crippen LogP contribution in [0.5, 0.6) is 0 Å². The Bertz CT molecular complexity index is 629. The number of rotatable bonds is 6. The molecule has 0 fully saturated rings. The third-order valence-corrected chi connectivity index (χ3v) is 3.76. The van der Waals surface area contributed by atoms with E-state index in [1.54, 1.807) is 12.1 Å². The molecule has 0 saturated carbocycles. The van der Waals surface area contributed by atoms with Crippen molar-refractivity contribution in [2.24, 2.45) is 0 Å². The molecule has 21 heavy (non-hydrogen) atoms. The SMILES string of the molecule is CCCNc1nc(N)c(C(=O)NCc2cccc(F)c2)s1. The lowest BCUT2D eigenvalue weighted by atomic mass is 10.2. The van der Waals surface area contributed by atoms with E-state index in [4.69, 9.17) is 5.73 Å². The third kappa shape index (κ3) is 4.16. The Hall–Kier alpha value is -2.15. The molecule has 0 unspecified atom stereocenters. The van der Waals surface area contributed by atoms with Crippen LogP contribution < -0.4 is 16.4 Å². The van der Waals surface area contributed by atoms with E-state index in [0.717, 1.165) is 13.0 Å². The summed E-state index contributed by atoms with van der Waals surface area (Å²) < 4.78 is 13.1. The Labute approximate surface area is 126 Å². The van der Waals surface area contributed by atoms with Crippen molar-refractivity contribution in [2.75, 3.05) is 17.6 Å². The van der Waals surface area contributed by atoms with E-state index >= 15 is 0 Å². The molecule has 1 aromatic carbocycles. The van der Waals surface area contributed by atoms with Crippen LogP contribution in [0, 0.1) is 5.82 Å². The average molecular weight is 308 g/mol. The highest BCUT2D eigenvalue weighted by atomic mass is 32.1. The molecule has 0 aliphatic carbocycles. The summed E-state index contributed by atoms with van der Waals surface area (Å²) in [5, 5.41) is 6.43. The highest BCUT2D eigenvalue weighted by Gasteiger charge is 2.15. The number of amides is 1. The number of nitrogens with one attached hydrogen (secondary N) is 2. The van der Waals surface area contributed by atoms with Gasteiger partial charge >= 0.3 is 0 Å². The number of hydrogen-bond acceptors (Lipinski definition) is 5. The number of aromatic nitrogens is 1. The summed E-state index contributed by atoms with van der Waals surface area (Å²) in [5.41, 5.74) is 6.44. The number of halogens is 1. The number of nitrogen functional groups attached to an aromatic ring is 1. The summed E-state index contributed by atoms with van der Waals surface area (Å²) in [6.45, 7) is 3.06. The van der Waals surface area contributed by atoms with Crippen LogP contribution in [0.25, 0.3) is 0 Å². The topological polar surface area (TPSA) is 80.0 Å². The molecule has 1 amide bonds. The highest BCUT2D eigenvalue weighted by Crippen LogP contribution is 2.24. The normalized spacial score (nSPS) is 10.4. The molecular weight excluding hydrogens is 291 g/mol. The predicted octanol–water partition coefficient (Wildman–Crippen LogP) is 2.62. The first-order valence-electron chi connectivity index (χ1n) is 6.63. The smallest absolute Gasteiger partial charge is 0.265 e. The van der Waals surface area contributed by atoms with E-state index in [0.29, 0.717) is 15.6 Å². The fraction of sp³-hybridized carbons (Fsp3) is 0.286. The third-order valence-electron chi connectivity index (χ3n) is 2.73. The molecule has 0 radical (unpaired) electrons. The van der Waals surface area contributed by atoms with E-state index in [2.05, 4.69) is 15.6 Å². The second kappa shape index (κ2) is 7.03. The van der Waals surface area contributed by atoms with Gasteiger partial charge in [-0.25, -0.2) is 9.37 Å². The average Bonchev–Trinajstić information content (AvgIpc) is 2.84. The van der Waals surface area contributed by atoms with E-state index in [9.17, 15) is 9.18 Å². The number of nitrogens with zero attached hydrogens (tertiary/aromatic N) is 1. The Balaban J connectivity index is 1.98. The highest BCUT2D eigenvalue weighted by molar-refractivity contribution is 7.18. The standard InChI is InChI=1S/C14H17FN4OS/c1-2-6-17-14-19-12(16)11(21-14)13(20)18-8-9-4-3-5-10(15)7-9/h3-5,7H,2,6,8,16H2,1H3,(H,17,19)(H,18,20). The Kier molecular flexibility index (Phi) is 5.10. The van der Waals surface area contributed by atoms with E-state index in [1.165, 1.54) is 23.5 Å². The number of benzene rings is 1. The minimum atomic E-state index is -0.329. The zero-order valence-corrected chi connectivity index (χ0v) is 12.5. The van der Waals surface area contributed by atoms with Crippen molar-refractivity contribution in [3.05, 3.63) is 40.5 Å². The van der Waals surface area contributed by atoms with E-state index in [1.807, 2.05) is 6.92 Å². The van der Waals surface area contributed by atoms with Gasteiger partial charge in [-0.05, 0) is 24.1 Å². The van der Waals surface area contributed by atoms with Crippen molar-refractivity contribution >= 4 is 28.2 Å². The second-order valence-corrected chi connectivity index (χ2v) is 5.47. The first-order chi connectivity index (χ1) is 10.1. The van der Waals surface area contributed by atoms with Gasteiger partial charge in [-0.15, -0.1) is 0 Å². The molecule has 0 saturated heterocycles. The predicted molar refractivity (Wildman–Crippen MR) is 82.9 cm³/mol. The van der Waals surface area contributed by atoms with Crippen LogP contribution in [0.1, 0.15) is 28.6 Å². The van der Waals surface area contributed by atoms with Crippen LogP contribution in [0.3, 0.4) is 0 Å². The van der Waals surface area contributed by atoms with Crippen molar-refractivity contribution in [1.82, 2.24) is 10.3 Å². The van der Waals surface area contributed by atoms with Crippen LogP contribution in [0.15, 0.2) is 24.3 Å². The van der Waals surface area contributed by atoms with Gasteiger partial charge in [-0.2, -0.15) is 0 Å². The number of carbonyl (C=O) groups is 1. The number of carbonyl (C=O) groups excluding carboxylic acids is 1. The summed E-state index contributed by atoms with van der Waals surface area (Å²) in [5.74, 6) is -0.431. The molecule has 0 bridgehead atoms. The van der Waals surface area contributed by atoms with Gasteiger partial charge in [-0.1, -0.05) is 30.4 Å². The first kappa shape index (κ1) is 15.2. The van der Waals surface area contributed by atoms with Crippen molar-refractivity contribution < 1.29 is 9.18 Å². The minimum absolute atomic E-state index is 0.204.